The van der Waals surface area contributed by atoms with E-state index in [2.05, 4.69) is 0 Å². The van der Waals surface area contributed by atoms with Crippen LogP contribution in [-0.4, -0.2) is 11.3 Å². The van der Waals surface area contributed by atoms with Crippen molar-refractivity contribution < 1.29 is 13.9 Å². The third kappa shape index (κ3) is 2.60. The van der Waals surface area contributed by atoms with Crippen molar-refractivity contribution in [1.82, 2.24) is 0 Å². The second-order valence-corrected chi connectivity index (χ2v) is 5.61. The van der Waals surface area contributed by atoms with Crippen LogP contribution in [0.25, 0.3) is 0 Å². The van der Waals surface area contributed by atoms with Gasteiger partial charge in [-0.1, -0.05) is 60.7 Å². The average Bonchev–Trinajstić information content (AvgIpc) is 2.59. The molecule has 0 radical (unpaired) electrons. The predicted molar refractivity (Wildman–Crippen MR) is 89.3 cm³/mol. The first-order valence-corrected chi connectivity index (χ1v) is 7.57. The van der Waals surface area contributed by atoms with E-state index in [0.29, 0.717) is 11.1 Å². The van der Waals surface area contributed by atoms with E-state index in [1.54, 1.807) is 42.5 Å². The van der Waals surface area contributed by atoms with Crippen LogP contribution < -0.4 is 5.73 Å². The summed E-state index contributed by atoms with van der Waals surface area (Å²) in [6, 6.07) is 20.7. The molecular weight excluding hydrogens is 308 g/mol. The molecule has 3 aromatic carbocycles. The number of hydrogen-bond acceptors (Lipinski definition) is 2. The zero-order chi connectivity index (χ0) is 17.2. The van der Waals surface area contributed by atoms with E-state index in [-0.39, 0.29) is 5.56 Å². The van der Waals surface area contributed by atoms with Gasteiger partial charge in [-0.25, -0.2) is 8.78 Å². The molecule has 3 aromatic rings. The van der Waals surface area contributed by atoms with Gasteiger partial charge in [0.2, 0.25) is 0 Å². The molecule has 0 aliphatic heterocycles. The molecule has 2 unspecified atom stereocenters. The molecule has 3 N–H and O–H groups in total. The van der Waals surface area contributed by atoms with Gasteiger partial charge in [-0.2, -0.15) is 0 Å². The van der Waals surface area contributed by atoms with Crippen LogP contribution in [0.1, 0.15) is 16.7 Å². The number of benzene rings is 3. The molecule has 0 fully saturated rings. The van der Waals surface area contributed by atoms with Gasteiger partial charge < -0.3 is 10.8 Å². The largest absolute Gasteiger partial charge is 0.377 e. The van der Waals surface area contributed by atoms with E-state index in [0.717, 1.165) is 0 Å². The van der Waals surface area contributed by atoms with Crippen molar-refractivity contribution in [3.8, 4) is 0 Å². The third-order valence-corrected chi connectivity index (χ3v) is 4.27. The van der Waals surface area contributed by atoms with Crippen molar-refractivity contribution in [2.75, 3.05) is 0 Å². The normalized spacial score (nSPS) is 14.8. The van der Waals surface area contributed by atoms with Crippen molar-refractivity contribution in [2.24, 2.45) is 5.73 Å². The van der Waals surface area contributed by atoms with Gasteiger partial charge in [-0.15, -0.1) is 0 Å². The Kier molecular flexibility index (Phi) is 4.42. The molecule has 0 amide bonds. The highest BCUT2D eigenvalue weighted by Gasteiger charge is 2.43. The molecule has 0 heterocycles. The first-order chi connectivity index (χ1) is 11.6. The number of aliphatic hydroxyl groups is 1. The molecule has 0 bridgehead atoms. The monoisotopic (exact) mass is 325 g/mol. The fourth-order valence-electron chi connectivity index (χ4n) is 3.17. The maximum absolute atomic E-state index is 14.7. The molecule has 0 saturated carbocycles. The summed E-state index contributed by atoms with van der Waals surface area (Å²) < 4.78 is 28.0. The first kappa shape index (κ1) is 16.3. The number of hydrogen-bond donors (Lipinski definition) is 2. The molecular formula is C20H17F2NO. The summed E-state index contributed by atoms with van der Waals surface area (Å²) in [5.41, 5.74) is 5.99. The second kappa shape index (κ2) is 6.51. The van der Waals surface area contributed by atoms with Gasteiger partial charge >= 0.3 is 0 Å². The minimum atomic E-state index is -1.43. The SMILES string of the molecule is NC(O)C(c1ccccc1)(c1ccc(F)cc1)c1ccccc1F. The highest BCUT2D eigenvalue weighted by molar-refractivity contribution is 5.52. The Morgan fingerprint density at radius 3 is 1.88 bits per heavy atom. The van der Waals surface area contributed by atoms with Crippen molar-refractivity contribution in [3.05, 3.63) is 107 Å². The van der Waals surface area contributed by atoms with Crippen molar-refractivity contribution in [1.29, 1.82) is 0 Å². The lowest BCUT2D eigenvalue weighted by Crippen LogP contribution is -2.47. The summed E-state index contributed by atoms with van der Waals surface area (Å²) in [4.78, 5) is 0. The summed E-state index contributed by atoms with van der Waals surface area (Å²) in [5.74, 6) is -0.907. The quantitative estimate of drug-likeness (QED) is 0.569. The van der Waals surface area contributed by atoms with Crippen LogP contribution in [0.3, 0.4) is 0 Å². The summed E-state index contributed by atoms with van der Waals surface area (Å²) in [5, 5.41) is 10.5. The minimum Gasteiger partial charge on any atom is -0.377 e. The summed E-state index contributed by atoms with van der Waals surface area (Å²) >= 11 is 0. The van der Waals surface area contributed by atoms with Crippen molar-refractivity contribution >= 4 is 0 Å². The number of rotatable bonds is 4. The maximum atomic E-state index is 14.7. The van der Waals surface area contributed by atoms with E-state index < -0.39 is 23.3 Å². The van der Waals surface area contributed by atoms with Gasteiger partial charge in [0.15, 0.2) is 0 Å². The number of nitrogens with two attached hydrogens (primary N) is 1. The highest BCUT2D eigenvalue weighted by atomic mass is 19.1. The van der Waals surface area contributed by atoms with E-state index in [9.17, 15) is 13.9 Å². The minimum absolute atomic E-state index is 0.234. The van der Waals surface area contributed by atoms with Crippen LogP contribution in [-0.2, 0) is 5.41 Å². The fraction of sp³-hybridized carbons (Fsp3) is 0.100. The molecule has 122 valence electrons. The second-order valence-electron chi connectivity index (χ2n) is 5.61. The third-order valence-electron chi connectivity index (χ3n) is 4.27. The molecule has 2 atom stereocenters. The molecule has 0 saturated heterocycles. The van der Waals surface area contributed by atoms with Gasteiger partial charge in [-0.3, -0.25) is 0 Å². The average molecular weight is 325 g/mol. The zero-order valence-electron chi connectivity index (χ0n) is 12.9. The Hall–Kier alpha value is -2.56. The Balaban J connectivity index is 2.39. The maximum Gasteiger partial charge on any atom is 0.127 e. The summed E-state index contributed by atoms with van der Waals surface area (Å²) in [6.45, 7) is 0. The lowest BCUT2D eigenvalue weighted by molar-refractivity contribution is 0.126. The Morgan fingerprint density at radius 1 is 0.750 bits per heavy atom. The predicted octanol–water partition coefficient (Wildman–Crippen LogP) is 3.58. The first-order valence-electron chi connectivity index (χ1n) is 7.57. The van der Waals surface area contributed by atoms with Gasteiger partial charge in [0, 0.05) is 5.56 Å². The van der Waals surface area contributed by atoms with Gasteiger partial charge in [0.05, 0.1) is 5.41 Å². The van der Waals surface area contributed by atoms with Crippen LogP contribution in [0.5, 0.6) is 0 Å². The Morgan fingerprint density at radius 2 is 1.29 bits per heavy atom. The molecule has 2 nitrogen and oxygen atoms in total. The summed E-state index contributed by atoms with van der Waals surface area (Å²) in [7, 11) is 0. The van der Waals surface area contributed by atoms with E-state index in [1.165, 1.54) is 30.3 Å². The zero-order valence-corrected chi connectivity index (χ0v) is 12.9. The van der Waals surface area contributed by atoms with Crippen LogP contribution in [0.4, 0.5) is 8.78 Å². The van der Waals surface area contributed by atoms with E-state index >= 15 is 0 Å². The van der Waals surface area contributed by atoms with Crippen molar-refractivity contribution in [3.63, 3.8) is 0 Å². The number of aliphatic hydroxyl groups excluding tert-OH is 1. The molecule has 24 heavy (non-hydrogen) atoms. The van der Waals surface area contributed by atoms with Crippen LogP contribution in [0.2, 0.25) is 0 Å². The summed E-state index contributed by atoms with van der Waals surface area (Å²) in [6.07, 6.45) is -1.43. The van der Waals surface area contributed by atoms with Gasteiger partial charge in [0.1, 0.15) is 17.9 Å². The lowest BCUT2D eigenvalue weighted by Gasteiger charge is -2.38. The van der Waals surface area contributed by atoms with Crippen LogP contribution in [0.15, 0.2) is 78.9 Å². The van der Waals surface area contributed by atoms with Gasteiger partial charge in [-0.05, 0) is 29.3 Å². The fourth-order valence-corrected chi connectivity index (χ4v) is 3.17. The smallest absolute Gasteiger partial charge is 0.127 e. The highest BCUT2D eigenvalue weighted by Crippen LogP contribution is 2.42. The van der Waals surface area contributed by atoms with Crippen molar-refractivity contribution in [2.45, 2.75) is 11.6 Å². The van der Waals surface area contributed by atoms with Crippen LogP contribution >= 0.6 is 0 Å². The van der Waals surface area contributed by atoms with E-state index in [1.807, 2.05) is 6.07 Å². The molecule has 0 aliphatic rings. The standard InChI is InChI=1S/C20H17F2NO/c21-16-12-10-15(11-13-16)20(19(23)24,14-6-2-1-3-7-14)17-8-4-5-9-18(17)22/h1-13,19,24H,23H2. The van der Waals surface area contributed by atoms with Crippen LogP contribution in [0, 0.1) is 11.6 Å². The number of halogens is 2. The molecule has 4 heteroatoms. The molecule has 0 aromatic heterocycles. The molecule has 3 rings (SSSR count). The topological polar surface area (TPSA) is 46.2 Å². The Bertz CT molecular complexity index is 819. The molecule has 0 spiro atoms. The Labute approximate surface area is 139 Å². The molecule has 0 aliphatic carbocycles. The van der Waals surface area contributed by atoms with Gasteiger partial charge in [0.25, 0.3) is 0 Å². The van der Waals surface area contributed by atoms with E-state index in [4.69, 9.17) is 5.73 Å². The lowest BCUT2D eigenvalue weighted by atomic mass is 9.68.